The molecule has 0 saturated carbocycles. The highest BCUT2D eigenvalue weighted by Crippen LogP contribution is 2.29. The van der Waals surface area contributed by atoms with E-state index < -0.39 is 29.9 Å². The van der Waals surface area contributed by atoms with E-state index in [2.05, 4.69) is 20.9 Å². The van der Waals surface area contributed by atoms with Crippen molar-refractivity contribution in [2.75, 3.05) is 18.5 Å². The van der Waals surface area contributed by atoms with Gasteiger partial charge < -0.3 is 28.9 Å². The number of aromatic nitrogens is 1. The normalized spacial score (nSPS) is 15.2. The summed E-state index contributed by atoms with van der Waals surface area (Å²) in [5.74, 6) is -0.754. The summed E-state index contributed by atoms with van der Waals surface area (Å²) in [6.07, 6.45) is 1.19. The Kier molecular flexibility index (Phi) is 7.49. The molecule has 36 heavy (non-hydrogen) atoms. The third kappa shape index (κ3) is 5.81. The second-order valence-electron chi connectivity index (χ2n) is 7.51. The second-order valence-corrected chi connectivity index (χ2v) is 8.36. The molecule has 188 valence electrons. The number of nitrogens with one attached hydrogen (secondary N) is 3. The van der Waals surface area contributed by atoms with Crippen molar-refractivity contribution in [3.05, 3.63) is 70.2 Å². The molecule has 0 saturated heterocycles. The SMILES string of the molecule is CCOC(=O)C1=C(COC(=O)Cc2csc(NC(=O)c3ccco3)n2)NC(=O)N[C@@H]1c1ccc(C)o1. The van der Waals surface area contributed by atoms with Crippen LogP contribution in [0.15, 0.2) is 56.0 Å². The number of hydrogen-bond donors (Lipinski definition) is 3. The smallest absolute Gasteiger partial charge is 0.338 e. The molecule has 0 bridgehead atoms. The summed E-state index contributed by atoms with van der Waals surface area (Å²) in [7, 11) is 0. The molecule has 3 N–H and O–H groups in total. The van der Waals surface area contributed by atoms with Gasteiger partial charge >= 0.3 is 18.0 Å². The van der Waals surface area contributed by atoms with E-state index in [0.717, 1.165) is 11.3 Å². The Morgan fingerprint density at radius 3 is 2.75 bits per heavy atom. The lowest BCUT2D eigenvalue weighted by molar-refractivity contribution is -0.143. The van der Waals surface area contributed by atoms with Crippen molar-refractivity contribution in [2.24, 2.45) is 0 Å². The van der Waals surface area contributed by atoms with E-state index >= 15 is 0 Å². The minimum Gasteiger partial charge on any atom is -0.464 e. The van der Waals surface area contributed by atoms with Crippen LogP contribution in [-0.2, 0) is 25.5 Å². The third-order valence-corrected chi connectivity index (χ3v) is 5.72. The van der Waals surface area contributed by atoms with E-state index in [1.807, 2.05) is 0 Å². The number of amides is 3. The van der Waals surface area contributed by atoms with Crippen molar-refractivity contribution in [1.82, 2.24) is 15.6 Å². The topological polar surface area (TPSA) is 162 Å². The molecular formula is C23H22N4O8S. The summed E-state index contributed by atoms with van der Waals surface area (Å²) < 4.78 is 21.1. The Bertz CT molecular complexity index is 1310. The van der Waals surface area contributed by atoms with Crippen molar-refractivity contribution in [2.45, 2.75) is 26.3 Å². The van der Waals surface area contributed by atoms with E-state index in [4.69, 9.17) is 18.3 Å². The standard InChI is InChI=1S/C23H22N4O8S/c1-3-32-21(30)18-14(25-22(31)26-19(18)15-7-6-12(2)35-15)10-34-17(28)9-13-11-36-23(24-13)27-20(29)16-5-4-8-33-16/h4-8,11,19H,3,9-10H2,1-2H3,(H,24,27,29)(H2,25,26,31)/t19-/m1/s1. The summed E-state index contributed by atoms with van der Waals surface area (Å²) in [5.41, 5.74) is 0.516. The van der Waals surface area contributed by atoms with Crippen LogP contribution in [0.4, 0.5) is 9.93 Å². The van der Waals surface area contributed by atoms with Crippen LogP contribution in [0.25, 0.3) is 0 Å². The minimum absolute atomic E-state index is 0.0650. The second kappa shape index (κ2) is 10.9. The van der Waals surface area contributed by atoms with Crippen LogP contribution in [0.2, 0.25) is 0 Å². The molecule has 12 nitrogen and oxygen atoms in total. The van der Waals surface area contributed by atoms with Crippen LogP contribution in [0.1, 0.15) is 40.7 Å². The summed E-state index contributed by atoms with van der Waals surface area (Å²) >= 11 is 1.13. The monoisotopic (exact) mass is 514 g/mol. The van der Waals surface area contributed by atoms with Gasteiger partial charge in [0.05, 0.1) is 36.3 Å². The molecule has 1 aliphatic rings. The largest absolute Gasteiger partial charge is 0.464 e. The molecule has 3 amide bonds. The Morgan fingerprint density at radius 2 is 2.06 bits per heavy atom. The summed E-state index contributed by atoms with van der Waals surface area (Å²) in [4.78, 5) is 53.7. The molecular weight excluding hydrogens is 492 g/mol. The third-order valence-electron chi connectivity index (χ3n) is 4.91. The average Bonchev–Trinajstić information content (AvgIpc) is 3.60. The number of aryl methyl sites for hydroxylation is 1. The lowest BCUT2D eigenvalue weighted by Crippen LogP contribution is -2.47. The Morgan fingerprint density at radius 1 is 1.22 bits per heavy atom. The van der Waals surface area contributed by atoms with Gasteiger partial charge in [0.2, 0.25) is 0 Å². The number of hydrogen-bond acceptors (Lipinski definition) is 10. The molecule has 1 aliphatic heterocycles. The minimum atomic E-state index is -0.918. The van der Waals surface area contributed by atoms with Gasteiger partial charge in [-0.2, -0.15) is 0 Å². The number of thiazole rings is 1. The zero-order valence-electron chi connectivity index (χ0n) is 19.3. The lowest BCUT2D eigenvalue weighted by Gasteiger charge is -2.27. The molecule has 0 aliphatic carbocycles. The van der Waals surface area contributed by atoms with Crippen LogP contribution in [0.5, 0.6) is 0 Å². The van der Waals surface area contributed by atoms with Crippen LogP contribution in [0.3, 0.4) is 0 Å². The molecule has 0 radical (unpaired) electrons. The molecule has 13 heteroatoms. The Balaban J connectivity index is 1.43. The molecule has 3 aromatic heterocycles. The number of urea groups is 1. The molecule has 0 fully saturated rings. The zero-order valence-corrected chi connectivity index (χ0v) is 20.1. The van der Waals surface area contributed by atoms with Crippen LogP contribution in [0, 0.1) is 6.92 Å². The zero-order chi connectivity index (χ0) is 25.7. The molecule has 0 aromatic carbocycles. The van der Waals surface area contributed by atoms with Gasteiger partial charge in [0.25, 0.3) is 5.91 Å². The molecule has 0 unspecified atom stereocenters. The first-order chi connectivity index (χ1) is 17.3. The van der Waals surface area contributed by atoms with Crippen molar-refractivity contribution in [3.8, 4) is 0 Å². The summed E-state index contributed by atoms with van der Waals surface area (Å²) in [6.45, 7) is 3.10. The van der Waals surface area contributed by atoms with Crippen molar-refractivity contribution < 1.29 is 37.5 Å². The summed E-state index contributed by atoms with van der Waals surface area (Å²) in [6, 6.07) is 4.93. The van der Waals surface area contributed by atoms with Gasteiger partial charge in [0.15, 0.2) is 10.9 Å². The van der Waals surface area contributed by atoms with Gasteiger partial charge in [-0.3, -0.25) is 14.9 Å². The molecule has 1 atom stereocenters. The van der Waals surface area contributed by atoms with Gasteiger partial charge in [-0.15, -0.1) is 11.3 Å². The van der Waals surface area contributed by atoms with E-state index in [1.165, 1.54) is 12.3 Å². The molecule has 4 rings (SSSR count). The van der Waals surface area contributed by atoms with Gasteiger partial charge in [-0.05, 0) is 38.1 Å². The number of ether oxygens (including phenoxy) is 2. The van der Waals surface area contributed by atoms with E-state index in [1.54, 1.807) is 37.4 Å². The fourth-order valence-electron chi connectivity index (χ4n) is 3.37. The summed E-state index contributed by atoms with van der Waals surface area (Å²) in [5, 5.41) is 9.61. The number of nitrogens with zero attached hydrogens (tertiary/aromatic N) is 1. The first-order valence-corrected chi connectivity index (χ1v) is 11.7. The van der Waals surface area contributed by atoms with Gasteiger partial charge in [-0.1, -0.05) is 0 Å². The fraction of sp³-hybridized carbons (Fsp3) is 0.261. The predicted molar refractivity (Wildman–Crippen MR) is 125 cm³/mol. The van der Waals surface area contributed by atoms with E-state index in [0.29, 0.717) is 17.2 Å². The molecule has 4 heterocycles. The van der Waals surface area contributed by atoms with Crippen molar-refractivity contribution >= 4 is 40.3 Å². The van der Waals surface area contributed by atoms with Crippen molar-refractivity contribution in [3.63, 3.8) is 0 Å². The van der Waals surface area contributed by atoms with Crippen LogP contribution < -0.4 is 16.0 Å². The van der Waals surface area contributed by atoms with Crippen LogP contribution in [-0.4, -0.2) is 42.1 Å². The number of carbonyl (C=O) groups is 4. The maximum Gasteiger partial charge on any atom is 0.338 e. The number of anilines is 1. The number of rotatable bonds is 9. The van der Waals surface area contributed by atoms with E-state index in [-0.39, 0.29) is 41.8 Å². The average molecular weight is 515 g/mol. The quantitative estimate of drug-likeness (QED) is 0.365. The molecule has 0 spiro atoms. The lowest BCUT2D eigenvalue weighted by atomic mass is 10.0. The first-order valence-electron chi connectivity index (χ1n) is 10.8. The first kappa shape index (κ1) is 24.7. The number of esters is 2. The highest BCUT2D eigenvalue weighted by molar-refractivity contribution is 7.14. The number of carbonyl (C=O) groups excluding carboxylic acids is 4. The maximum absolute atomic E-state index is 12.7. The van der Waals surface area contributed by atoms with Crippen LogP contribution >= 0.6 is 11.3 Å². The number of furan rings is 2. The van der Waals surface area contributed by atoms with Gasteiger partial charge in [-0.25, -0.2) is 14.6 Å². The van der Waals surface area contributed by atoms with E-state index in [9.17, 15) is 19.2 Å². The Labute approximate surface area is 208 Å². The fourth-order valence-corrected chi connectivity index (χ4v) is 4.07. The molecule has 3 aromatic rings. The highest BCUT2D eigenvalue weighted by atomic mass is 32.1. The maximum atomic E-state index is 12.7. The Hall–Kier alpha value is -4.39. The van der Waals surface area contributed by atoms with Crippen molar-refractivity contribution in [1.29, 1.82) is 0 Å². The van der Waals surface area contributed by atoms with Gasteiger partial charge in [0, 0.05) is 5.38 Å². The van der Waals surface area contributed by atoms with Gasteiger partial charge in [0.1, 0.15) is 24.2 Å². The highest BCUT2D eigenvalue weighted by Gasteiger charge is 2.36. The predicted octanol–water partition coefficient (Wildman–Crippen LogP) is 2.85.